The Morgan fingerprint density at radius 1 is 1.00 bits per heavy atom. The molecule has 1 N–H and O–H groups in total. The van der Waals surface area contributed by atoms with Crippen LogP contribution >= 0.6 is 0 Å². The van der Waals surface area contributed by atoms with Crippen LogP contribution in [0.4, 0.5) is 0 Å². The number of pyridine rings is 1. The van der Waals surface area contributed by atoms with Crippen molar-refractivity contribution >= 4 is 11.8 Å². The van der Waals surface area contributed by atoms with Gasteiger partial charge in [0, 0.05) is 18.0 Å². The van der Waals surface area contributed by atoms with Crippen molar-refractivity contribution in [1.29, 1.82) is 0 Å². The molecule has 6 heteroatoms. The molecule has 6 nitrogen and oxygen atoms in total. The number of hydrogen-bond donors (Lipinski definition) is 1. The lowest BCUT2D eigenvalue weighted by molar-refractivity contribution is -0.119. The summed E-state index contributed by atoms with van der Waals surface area (Å²) in [6, 6.07) is 13.2. The third kappa shape index (κ3) is 2.20. The van der Waals surface area contributed by atoms with Crippen molar-refractivity contribution in [2.45, 2.75) is 6.42 Å². The van der Waals surface area contributed by atoms with E-state index >= 15 is 0 Å². The van der Waals surface area contributed by atoms with Crippen LogP contribution in [0, 0.1) is 0 Å². The lowest BCUT2D eigenvalue weighted by Gasteiger charge is -2.12. The van der Waals surface area contributed by atoms with Crippen LogP contribution in [-0.4, -0.2) is 26.6 Å². The molecule has 1 aromatic carbocycles. The molecule has 0 radical (unpaired) electrons. The van der Waals surface area contributed by atoms with E-state index in [1.807, 2.05) is 42.5 Å². The zero-order chi connectivity index (χ0) is 15.8. The standard InChI is InChI=1S/C17H12N4O2/c22-14-10-13-15(17(23)19-14)16(11-6-8-18-9-7-11)21(20-13)12-4-2-1-3-5-12/h1-9H,10H2,(H,19,22,23). The summed E-state index contributed by atoms with van der Waals surface area (Å²) in [5, 5.41) is 6.88. The molecule has 0 saturated carbocycles. The molecule has 23 heavy (non-hydrogen) atoms. The van der Waals surface area contributed by atoms with Gasteiger partial charge in [-0.25, -0.2) is 4.68 Å². The minimum atomic E-state index is -0.412. The molecule has 0 aliphatic carbocycles. The molecule has 1 aliphatic heterocycles. The number of nitrogens with zero attached hydrogens (tertiary/aromatic N) is 3. The van der Waals surface area contributed by atoms with Crippen molar-refractivity contribution in [3.8, 4) is 16.9 Å². The minimum Gasteiger partial charge on any atom is -0.292 e. The number of fused-ring (bicyclic) bond motifs is 1. The predicted molar refractivity (Wildman–Crippen MR) is 83.0 cm³/mol. The first-order valence-corrected chi connectivity index (χ1v) is 7.16. The maximum atomic E-state index is 12.3. The Morgan fingerprint density at radius 2 is 1.74 bits per heavy atom. The van der Waals surface area contributed by atoms with Gasteiger partial charge in [0.2, 0.25) is 5.91 Å². The molecule has 1 aliphatic rings. The first-order chi connectivity index (χ1) is 11.2. The molecule has 0 spiro atoms. The van der Waals surface area contributed by atoms with Gasteiger partial charge in [-0.2, -0.15) is 5.10 Å². The molecule has 2 aromatic heterocycles. The van der Waals surface area contributed by atoms with E-state index in [0.717, 1.165) is 11.3 Å². The van der Waals surface area contributed by atoms with Gasteiger partial charge in [-0.05, 0) is 24.3 Å². The second-order valence-electron chi connectivity index (χ2n) is 5.21. The fourth-order valence-corrected chi connectivity index (χ4v) is 2.74. The zero-order valence-corrected chi connectivity index (χ0v) is 12.1. The quantitative estimate of drug-likeness (QED) is 0.732. The molecule has 0 atom stereocenters. The predicted octanol–water partition coefficient (Wildman–Crippen LogP) is 1.75. The van der Waals surface area contributed by atoms with Crippen LogP contribution < -0.4 is 5.32 Å². The van der Waals surface area contributed by atoms with Gasteiger partial charge in [-0.3, -0.25) is 19.9 Å². The first-order valence-electron chi connectivity index (χ1n) is 7.16. The minimum absolute atomic E-state index is 0.0962. The number of para-hydroxylation sites is 1. The van der Waals surface area contributed by atoms with Crippen LogP contribution in [0.2, 0.25) is 0 Å². The van der Waals surface area contributed by atoms with E-state index in [0.29, 0.717) is 17.0 Å². The summed E-state index contributed by atoms with van der Waals surface area (Å²) in [5.74, 6) is -0.744. The highest BCUT2D eigenvalue weighted by Crippen LogP contribution is 2.30. The Labute approximate surface area is 131 Å². The molecule has 0 fully saturated rings. The SMILES string of the molecule is O=C1Cc2nn(-c3ccccc3)c(-c3ccncc3)c2C(=O)N1. The highest BCUT2D eigenvalue weighted by atomic mass is 16.2. The number of benzene rings is 1. The van der Waals surface area contributed by atoms with Crippen molar-refractivity contribution in [2.75, 3.05) is 0 Å². The number of imide groups is 1. The number of amides is 2. The summed E-state index contributed by atoms with van der Waals surface area (Å²) in [6.07, 6.45) is 3.42. The highest BCUT2D eigenvalue weighted by molar-refractivity contribution is 6.12. The van der Waals surface area contributed by atoms with Gasteiger partial charge >= 0.3 is 0 Å². The van der Waals surface area contributed by atoms with E-state index in [2.05, 4.69) is 15.4 Å². The van der Waals surface area contributed by atoms with E-state index in [4.69, 9.17) is 0 Å². The van der Waals surface area contributed by atoms with E-state index < -0.39 is 5.91 Å². The monoisotopic (exact) mass is 304 g/mol. The number of carbonyl (C=O) groups is 2. The maximum Gasteiger partial charge on any atom is 0.262 e. The van der Waals surface area contributed by atoms with Crippen molar-refractivity contribution in [1.82, 2.24) is 20.1 Å². The van der Waals surface area contributed by atoms with Gasteiger partial charge in [0.05, 0.1) is 29.1 Å². The smallest absolute Gasteiger partial charge is 0.262 e. The summed E-state index contributed by atoms with van der Waals surface area (Å²) in [5.41, 5.74) is 3.25. The summed E-state index contributed by atoms with van der Waals surface area (Å²) in [4.78, 5) is 28.0. The topological polar surface area (TPSA) is 76.9 Å². The number of nitrogens with one attached hydrogen (secondary N) is 1. The summed E-state index contributed by atoms with van der Waals surface area (Å²) in [7, 11) is 0. The molecule has 3 heterocycles. The number of rotatable bonds is 2. The molecular formula is C17H12N4O2. The van der Waals surface area contributed by atoms with Crippen LogP contribution in [0.25, 0.3) is 16.9 Å². The van der Waals surface area contributed by atoms with Crippen molar-refractivity contribution in [2.24, 2.45) is 0 Å². The third-order valence-corrected chi connectivity index (χ3v) is 3.72. The fraction of sp³-hybridized carbons (Fsp3) is 0.0588. The fourth-order valence-electron chi connectivity index (χ4n) is 2.74. The van der Waals surface area contributed by atoms with Gasteiger partial charge in [-0.1, -0.05) is 18.2 Å². The van der Waals surface area contributed by atoms with E-state index in [-0.39, 0.29) is 12.3 Å². The van der Waals surface area contributed by atoms with Crippen LogP contribution in [0.3, 0.4) is 0 Å². The Kier molecular flexibility index (Phi) is 3.01. The molecule has 3 aromatic rings. The Bertz CT molecular complexity index is 901. The van der Waals surface area contributed by atoms with Crippen LogP contribution in [0.1, 0.15) is 16.1 Å². The van der Waals surface area contributed by atoms with Gasteiger partial charge in [0.1, 0.15) is 0 Å². The third-order valence-electron chi connectivity index (χ3n) is 3.72. The Hall–Kier alpha value is -3.28. The average Bonchev–Trinajstić information content (AvgIpc) is 2.96. The molecule has 0 unspecified atom stereocenters. The zero-order valence-electron chi connectivity index (χ0n) is 12.1. The molecule has 4 rings (SSSR count). The van der Waals surface area contributed by atoms with Crippen LogP contribution in [0.15, 0.2) is 54.9 Å². The average molecular weight is 304 g/mol. The lowest BCUT2D eigenvalue weighted by atomic mass is 10.0. The maximum absolute atomic E-state index is 12.3. The van der Waals surface area contributed by atoms with Crippen molar-refractivity contribution in [3.05, 3.63) is 66.1 Å². The highest BCUT2D eigenvalue weighted by Gasteiger charge is 2.31. The first kappa shape index (κ1) is 13.4. The molecule has 2 amide bonds. The van der Waals surface area contributed by atoms with E-state index in [9.17, 15) is 9.59 Å². The normalized spacial score (nSPS) is 13.6. The van der Waals surface area contributed by atoms with Gasteiger partial charge in [-0.15, -0.1) is 0 Å². The molecule has 0 saturated heterocycles. The van der Waals surface area contributed by atoms with Gasteiger partial charge in [0.15, 0.2) is 0 Å². The summed E-state index contributed by atoms with van der Waals surface area (Å²) >= 11 is 0. The van der Waals surface area contributed by atoms with Gasteiger partial charge < -0.3 is 0 Å². The molecular weight excluding hydrogens is 292 g/mol. The Morgan fingerprint density at radius 3 is 2.48 bits per heavy atom. The van der Waals surface area contributed by atoms with Gasteiger partial charge in [0.25, 0.3) is 5.91 Å². The van der Waals surface area contributed by atoms with Crippen LogP contribution in [-0.2, 0) is 11.2 Å². The largest absolute Gasteiger partial charge is 0.292 e. The molecule has 112 valence electrons. The summed E-state index contributed by atoms with van der Waals surface area (Å²) in [6.45, 7) is 0. The summed E-state index contributed by atoms with van der Waals surface area (Å²) < 4.78 is 1.71. The number of aromatic nitrogens is 3. The van der Waals surface area contributed by atoms with Crippen LogP contribution in [0.5, 0.6) is 0 Å². The number of carbonyl (C=O) groups excluding carboxylic acids is 2. The van der Waals surface area contributed by atoms with Crippen molar-refractivity contribution < 1.29 is 9.59 Å². The number of hydrogen-bond acceptors (Lipinski definition) is 4. The lowest BCUT2D eigenvalue weighted by Crippen LogP contribution is -2.37. The second-order valence-corrected chi connectivity index (χ2v) is 5.21. The molecule has 0 bridgehead atoms. The second kappa shape index (κ2) is 5.17. The van der Waals surface area contributed by atoms with Crippen molar-refractivity contribution in [3.63, 3.8) is 0 Å². The Balaban J connectivity index is 2.02. The van der Waals surface area contributed by atoms with E-state index in [1.165, 1.54) is 0 Å². The van der Waals surface area contributed by atoms with E-state index in [1.54, 1.807) is 17.1 Å².